The number of hydrogen-bond acceptors (Lipinski definition) is 4. The highest BCUT2D eigenvalue weighted by molar-refractivity contribution is 7.18. The number of hydrogen-bond donors (Lipinski definition) is 1. The quantitative estimate of drug-likeness (QED) is 0.922. The number of aromatic nitrogens is 1. The summed E-state index contributed by atoms with van der Waals surface area (Å²) in [6.07, 6.45) is 4.28. The summed E-state index contributed by atoms with van der Waals surface area (Å²) in [4.78, 5) is 19.5. The second-order valence-corrected chi connectivity index (χ2v) is 7.72. The number of benzene rings is 1. The molecular formula is C18H23N3O2S. The molecule has 4 rings (SSSR count). The summed E-state index contributed by atoms with van der Waals surface area (Å²) in [7, 11) is 0. The first kappa shape index (κ1) is 15.8. The minimum atomic E-state index is 0.0137. The average molecular weight is 345 g/mol. The van der Waals surface area contributed by atoms with Crippen molar-refractivity contribution in [3.05, 3.63) is 29.3 Å². The van der Waals surface area contributed by atoms with Crippen molar-refractivity contribution < 1.29 is 9.53 Å². The Bertz CT molecular complexity index is 693. The molecule has 2 fully saturated rings. The highest BCUT2D eigenvalue weighted by atomic mass is 32.1. The van der Waals surface area contributed by atoms with Gasteiger partial charge in [-0.25, -0.2) is 9.78 Å². The first-order valence-corrected chi connectivity index (χ1v) is 9.58. The number of ether oxygens (including phenoxy) is 1. The maximum Gasteiger partial charge on any atom is 0.318 e. The Morgan fingerprint density at radius 3 is 3.04 bits per heavy atom. The van der Waals surface area contributed by atoms with Crippen molar-refractivity contribution in [2.24, 2.45) is 0 Å². The monoisotopic (exact) mass is 345 g/mol. The maximum absolute atomic E-state index is 12.7. The molecule has 1 N–H and O–H groups in total. The van der Waals surface area contributed by atoms with E-state index in [2.05, 4.69) is 11.4 Å². The molecule has 2 aliphatic rings. The van der Waals surface area contributed by atoms with E-state index in [-0.39, 0.29) is 24.2 Å². The number of amides is 2. The number of likely N-dealkylation sites (tertiary alicyclic amines) is 1. The van der Waals surface area contributed by atoms with Crippen LogP contribution in [0.3, 0.4) is 0 Å². The van der Waals surface area contributed by atoms with Gasteiger partial charge in [-0.05, 0) is 44.7 Å². The van der Waals surface area contributed by atoms with Crippen molar-refractivity contribution in [1.82, 2.24) is 15.2 Å². The molecule has 0 spiro atoms. The number of fused-ring (bicyclic) bond motifs is 1. The van der Waals surface area contributed by atoms with Gasteiger partial charge in [0.1, 0.15) is 5.01 Å². The second-order valence-electron chi connectivity index (χ2n) is 6.66. The van der Waals surface area contributed by atoms with Crippen LogP contribution >= 0.6 is 11.3 Å². The fourth-order valence-electron chi connectivity index (χ4n) is 3.67. The van der Waals surface area contributed by atoms with Crippen LogP contribution in [0.25, 0.3) is 10.2 Å². The average Bonchev–Trinajstić information content (AvgIpc) is 3.32. The molecule has 0 saturated carbocycles. The van der Waals surface area contributed by atoms with Crippen LogP contribution in [-0.4, -0.2) is 41.2 Å². The van der Waals surface area contributed by atoms with Crippen molar-refractivity contribution in [1.29, 1.82) is 0 Å². The molecule has 0 unspecified atom stereocenters. The number of para-hydroxylation sites is 1. The van der Waals surface area contributed by atoms with Gasteiger partial charge in [0.25, 0.3) is 0 Å². The molecule has 2 aliphatic heterocycles. The van der Waals surface area contributed by atoms with Crippen molar-refractivity contribution in [3.8, 4) is 0 Å². The SMILES string of the molecule is C[C@H](NC(=O)N1CCC[C@H]1c1nc2ccccc2s1)[C@@H]1CCCO1. The molecule has 1 aromatic heterocycles. The molecule has 24 heavy (non-hydrogen) atoms. The smallest absolute Gasteiger partial charge is 0.318 e. The van der Waals surface area contributed by atoms with Gasteiger partial charge in [-0.15, -0.1) is 11.3 Å². The summed E-state index contributed by atoms with van der Waals surface area (Å²) in [5, 5.41) is 4.19. The Labute approximate surface area is 146 Å². The van der Waals surface area contributed by atoms with Crippen LogP contribution in [0.15, 0.2) is 24.3 Å². The fourth-order valence-corrected chi connectivity index (χ4v) is 4.78. The Morgan fingerprint density at radius 1 is 1.38 bits per heavy atom. The maximum atomic E-state index is 12.7. The van der Waals surface area contributed by atoms with E-state index in [0.29, 0.717) is 0 Å². The van der Waals surface area contributed by atoms with Gasteiger partial charge in [0.2, 0.25) is 0 Å². The zero-order valence-electron chi connectivity index (χ0n) is 13.9. The largest absolute Gasteiger partial charge is 0.376 e. The topological polar surface area (TPSA) is 54.5 Å². The van der Waals surface area contributed by atoms with Crippen LogP contribution in [0, 0.1) is 0 Å². The number of nitrogens with one attached hydrogen (secondary N) is 1. The van der Waals surface area contributed by atoms with Crippen molar-refractivity contribution in [2.75, 3.05) is 13.2 Å². The summed E-state index contributed by atoms with van der Waals surface area (Å²) < 4.78 is 6.87. The number of nitrogens with zero attached hydrogens (tertiary/aromatic N) is 2. The highest BCUT2D eigenvalue weighted by Crippen LogP contribution is 2.36. The van der Waals surface area contributed by atoms with Crippen LogP contribution in [0.4, 0.5) is 4.79 Å². The standard InChI is InChI=1S/C18H23N3O2S/c1-12(15-8-5-11-23-15)19-18(22)21-10-4-7-14(21)17-20-13-6-2-3-9-16(13)24-17/h2-3,6,9,12,14-15H,4-5,7-8,10-11H2,1H3,(H,19,22)/t12-,14-,15-/m0/s1. The summed E-state index contributed by atoms with van der Waals surface area (Å²) >= 11 is 1.70. The van der Waals surface area contributed by atoms with E-state index in [9.17, 15) is 4.79 Å². The molecule has 2 amide bonds. The number of rotatable bonds is 3. The van der Waals surface area contributed by atoms with Gasteiger partial charge in [0, 0.05) is 13.2 Å². The van der Waals surface area contributed by atoms with Crippen LogP contribution in [0.5, 0.6) is 0 Å². The summed E-state index contributed by atoms with van der Waals surface area (Å²) in [6.45, 7) is 3.64. The van der Waals surface area contributed by atoms with E-state index in [1.54, 1.807) is 11.3 Å². The van der Waals surface area contributed by atoms with E-state index in [1.165, 1.54) is 4.70 Å². The number of thiazole rings is 1. The zero-order chi connectivity index (χ0) is 16.5. The molecule has 3 heterocycles. The highest BCUT2D eigenvalue weighted by Gasteiger charge is 2.34. The molecule has 0 aliphatic carbocycles. The van der Waals surface area contributed by atoms with Crippen LogP contribution in [-0.2, 0) is 4.74 Å². The minimum Gasteiger partial charge on any atom is -0.376 e. The minimum absolute atomic E-state index is 0.0137. The molecular weight excluding hydrogens is 322 g/mol. The lowest BCUT2D eigenvalue weighted by atomic mass is 10.1. The van der Waals surface area contributed by atoms with Crippen LogP contribution in [0.2, 0.25) is 0 Å². The predicted octanol–water partition coefficient (Wildman–Crippen LogP) is 3.71. The van der Waals surface area contributed by atoms with E-state index >= 15 is 0 Å². The van der Waals surface area contributed by atoms with Gasteiger partial charge in [-0.1, -0.05) is 12.1 Å². The normalized spacial score (nSPS) is 25.3. The Morgan fingerprint density at radius 2 is 2.25 bits per heavy atom. The number of urea groups is 1. The fraction of sp³-hybridized carbons (Fsp3) is 0.556. The molecule has 3 atom stereocenters. The van der Waals surface area contributed by atoms with Gasteiger partial charge in [0.05, 0.1) is 28.4 Å². The zero-order valence-corrected chi connectivity index (χ0v) is 14.7. The molecule has 128 valence electrons. The van der Waals surface area contributed by atoms with E-state index in [1.807, 2.05) is 30.0 Å². The molecule has 6 heteroatoms. The van der Waals surface area contributed by atoms with Crippen molar-refractivity contribution in [3.63, 3.8) is 0 Å². The third-order valence-corrected chi connectivity index (χ3v) is 6.12. The Kier molecular flexibility index (Phi) is 4.41. The summed E-state index contributed by atoms with van der Waals surface area (Å²) in [6, 6.07) is 8.33. The molecule has 5 nitrogen and oxygen atoms in total. The lowest BCUT2D eigenvalue weighted by Crippen LogP contribution is -2.47. The summed E-state index contributed by atoms with van der Waals surface area (Å²) in [5.41, 5.74) is 1.03. The Balaban J connectivity index is 1.48. The lowest BCUT2D eigenvalue weighted by Gasteiger charge is -2.27. The van der Waals surface area contributed by atoms with E-state index < -0.39 is 0 Å². The molecule has 0 radical (unpaired) electrons. The first-order valence-electron chi connectivity index (χ1n) is 8.76. The van der Waals surface area contributed by atoms with Crippen LogP contribution < -0.4 is 5.32 Å². The predicted molar refractivity (Wildman–Crippen MR) is 95.3 cm³/mol. The third kappa shape index (κ3) is 3.00. The molecule has 2 aromatic rings. The first-order chi connectivity index (χ1) is 11.7. The number of carbonyl (C=O) groups is 1. The van der Waals surface area contributed by atoms with E-state index in [4.69, 9.17) is 9.72 Å². The molecule has 2 saturated heterocycles. The van der Waals surface area contributed by atoms with E-state index in [0.717, 1.165) is 49.4 Å². The van der Waals surface area contributed by atoms with Gasteiger partial charge in [0.15, 0.2) is 0 Å². The lowest BCUT2D eigenvalue weighted by molar-refractivity contribution is 0.0829. The summed E-state index contributed by atoms with van der Waals surface area (Å²) in [5.74, 6) is 0. The van der Waals surface area contributed by atoms with Gasteiger partial charge in [-0.3, -0.25) is 0 Å². The van der Waals surface area contributed by atoms with Gasteiger partial charge in [-0.2, -0.15) is 0 Å². The molecule has 1 aromatic carbocycles. The third-order valence-electron chi connectivity index (χ3n) is 4.98. The van der Waals surface area contributed by atoms with Crippen molar-refractivity contribution in [2.45, 2.75) is 50.8 Å². The molecule has 0 bridgehead atoms. The number of carbonyl (C=O) groups excluding carboxylic acids is 1. The van der Waals surface area contributed by atoms with Gasteiger partial charge >= 0.3 is 6.03 Å². The van der Waals surface area contributed by atoms with Gasteiger partial charge < -0.3 is 15.0 Å². The Hall–Kier alpha value is -1.66. The second kappa shape index (κ2) is 6.69. The van der Waals surface area contributed by atoms with Crippen molar-refractivity contribution >= 4 is 27.6 Å². The van der Waals surface area contributed by atoms with Crippen LogP contribution in [0.1, 0.15) is 43.7 Å².